The predicted octanol–water partition coefficient (Wildman–Crippen LogP) is 6.44. The van der Waals surface area contributed by atoms with Crippen molar-refractivity contribution in [3.63, 3.8) is 0 Å². The highest BCUT2D eigenvalue weighted by Gasteiger charge is 2.08. The number of rotatable bonds is 2. The summed E-state index contributed by atoms with van der Waals surface area (Å²) < 4.78 is 1.11. The number of halogens is 2. The summed E-state index contributed by atoms with van der Waals surface area (Å²) in [6.07, 6.45) is 0. The van der Waals surface area contributed by atoms with E-state index >= 15 is 0 Å². The van der Waals surface area contributed by atoms with Crippen molar-refractivity contribution >= 4 is 27.5 Å². The average Bonchev–Trinajstić information content (AvgIpc) is 2.49. The van der Waals surface area contributed by atoms with Gasteiger partial charge in [-0.15, -0.1) is 0 Å². The van der Waals surface area contributed by atoms with Gasteiger partial charge in [0.1, 0.15) is 0 Å². The van der Waals surface area contributed by atoms with E-state index in [-0.39, 0.29) is 0 Å². The van der Waals surface area contributed by atoms with E-state index in [0.29, 0.717) is 0 Å². The van der Waals surface area contributed by atoms with Crippen LogP contribution in [0.4, 0.5) is 0 Å². The van der Waals surface area contributed by atoms with Crippen molar-refractivity contribution in [2.45, 2.75) is 0 Å². The van der Waals surface area contributed by atoms with Gasteiger partial charge in [0.15, 0.2) is 0 Å². The predicted molar refractivity (Wildman–Crippen MR) is 90.0 cm³/mol. The number of hydrogen-bond donors (Lipinski definition) is 0. The molecule has 20 heavy (non-hydrogen) atoms. The van der Waals surface area contributed by atoms with Crippen LogP contribution in [0.3, 0.4) is 0 Å². The maximum atomic E-state index is 5.95. The lowest BCUT2D eigenvalue weighted by molar-refractivity contribution is 1.55. The summed E-state index contributed by atoms with van der Waals surface area (Å²) in [6, 6.07) is 24.6. The zero-order chi connectivity index (χ0) is 13.9. The third-order valence-electron chi connectivity index (χ3n) is 3.24. The molecule has 0 aliphatic heterocycles. The third-order valence-corrected chi connectivity index (χ3v) is 4.35. The van der Waals surface area contributed by atoms with Gasteiger partial charge in [0.25, 0.3) is 0 Å². The molecule has 0 fully saturated rings. The molecule has 0 heterocycles. The van der Waals surface area contributed by atoms with E-state index in [1.165, 1.54) is 16.7 Å². The molecule has 0 aromatic heterocycles. The van der Waals surface area contributed by atoms with Gasteiger partial charge in [-0.3, -0.25) is 0 Å². The van der Waals surface area contributed by atoms with Crippen LogP contribution in [0.1, 0.15) is 0 Å². The molecule has 0 spiro atoms. The van der Waals surface area contributed by atoms with Crippen LogP contribution in [0, 0.1) is 0 Å². The van der Waals surface area contributed by atoms with E-state index in [1.807, 2.05) is 30.3 Å². The smallest absolute Gasteiger partial charge is 0.0406 e. The molecule has 3 rings (SSSR count). The molecular formula is C18H12BrCl. The molecule has 2 heteroatoms. The topological polar surface area (TPSA) is 0 Å². The van der Waals surface area contributed by atoms with Gasteiger partial charge in [-0.25, -0.2) is 0 Å². The van der Waals surface area contributed by atoms with Gasteiger partial charge in [-0.2, -0.15) is 0 Å². The van der Waals surface area contributed by atoms with Crippen LogP contribution in [0.25, 0.3) is 22.3 Å². The van der Waals surface area contributed by atoms with Crippen molar-refractivity contribution in [2.75, 3.05) is 0 Å². The first kappa shape index (κ1) is 13.4. The van der Waals surface area contributed by atoms with Crippen molar-refractivity contribution < 1.29 is 0 Å². The molecule has 0 amide bonds. The van der Waals surface area contributed by atoms with Crippen LogP contribution in [-0.4, -0.2) is 0 Å². The van der Waals surface area contributed by atoms with Crippen molar-refractivity contribution in [3.05, 3.63) is 82.3 Å². The SMILES string of the molecule is Clc1ccc(-c2cccc(-c3ccccc3)c2Br)cc1. The minimum atomic E-state index is 0.754. The molecule has 3 aromatic rings. The van der Waals surface area contributed by atoms with E-state index < -0.39 is 0 Å². The Bertz CT molecular complexity index is 718. The Kier molecular flexibility index (Phi) is 3.90. The highest BCUT2D eigenvalue weighted by Crippen LogP contribution is 2.36. The van der Waals surface area contributed by atoms with Gasteiger partial charge in [-0.1, -0.05) is 72.3 Å². The molecule has 98 valence electrons. The van der Waals surface area contributed by atoms with Gasteiger partial charge in [0.05, 0.1) is 0 Å². The van der Waals surface area contributed by atoms with Gasteiger partial charge in [0.2, 0.25) is 0 Å². The largest absolute Gasteiger partial charge is 0.0843 e. The summed E-state index contributed by atoms with van der Waals surface area (Å²) >= 11 is 9.69. The summed E-state index contributed by atoms with van der Waals surface area (Å²) in [5.41, 5.74) is 4.72. The summed E-state index contributed by atoms with van der Waals surface area (Å²) in [5.74, 6) is 0. The summed E-state index contributed by atoms with van der Waals surface area (Å²) in [6.45, 7) is 0. The second-order valence-corrected chi connectivity index (χ2v) is 5.77. The lowest BCUT2D eigenvalue weighted by Gasteiger charge is -2.10. The molecule has 0 nitrogen and oxygen atoms in total. The van der Waals surface area contributed by atoms with Crippen molar-refractivity contribution in [1.29, 1.82) is 0 Å². The fourth-order valence-electron chi connectivity index (χ4n) is 2.23. The Morgan fingerprint density at radius 1 is 0.600 bits per heavy atom. The van der Waals surface area contributed by atoms with Crippen LogP contribution in [0.15, 0.2) is 77.3 Å². The van der Waals surface area contributed by atoms with Gasteiger partial charge < -0.3 is 0 Å². The van der Waals surface area contributed by atoms with Crippen LogP contribution in [0.5, 0.6) is 0 Å². The summed E-state index contributed by atoms with van der Waals surface area (Å²) in [5, 5.41) is 0.754. The van der Waals surface area contributed by atoms with E-state index in [0.717, 1.165) is 15.1 Å². The molecule has 0 bridgehead atoms. The fourth-order valence-corrected chi connectivity index (χ4v) is 3.07. The molecule has 0 unspecified atom stereocenters. The maximum absolute atomic E-state index is 5.95. The molecular weight excluding hydrogens is 332 g/mol. The highest BCUT2D eigenvalue weighted by molar-refractivity contribution is 9.10. The number of hydrogen-bond acceptors (Lipinski definition) is 0. The van der Waals surface area contributed by atoms with Gasteiger partial charge in [0, 0.05) is 9.50 Å². The average molecular weight is 344 g/mol. The lowest BCUT2D eigenvalue weighted by atomic mass is 9.99. The first-order chi connectivity index (χ1) is 9.75. The summed E-state index contributed by atoms with van der Waals surface area (Å²) in [7, 11) is 0. The van der Waals surface area contributed by atoms with Gasteiger partial charge >= 0.3 is 0 Å². The zero-order valence-electron chi connectivity index (χ0n) is 10.7. The van der Waals surface area contributed by atoms with E-state index in [9.17, 15) is 0 Å². The molecule has 0 radical (unpaired) electrons. The molecule has 3 aromatic carbocycles. The minimum absolute atomic E-state index is 0.754. The Labute approximate surface area is 132 Å². The molecule has 0 N–H and O–H groups in total. The molecule has 0 aliphatic carbocycles. The van der Waals surface area contributed by atoms with Crippen LogP contribution < -0.4 is 0 Å². The standard InChI is InChI=1S/C18H12BrCl/c19-18-16(13-5-2-1-3-6-13)7-4-8-17(18)14-9-11-15(20)12-10-14/h1-12H. The molecule has 0 atom stereocenters. The maximum Gasteiger partial charge on any atom is 0.0406 e. The van der Waals surface area contributed by atoms with E-state index in [4.69, 9.17) is 11.6 Å². The van der Waals surface area contributed by atoms with Crippen molar-refractivity contribution in [2.24, 2.45) is 0 Å². The molecule has 0 aliphatic rings. The minimum Gasteiger partial charge on any atom is -0.0843 e. The lowest BCUT2D eigenvalue weighted by Crippen LogP contribution is -1.84. The quantitative estimate of drug-likeness (QED) is 0.502. The Morgan fingerprint density at radius 3 is 1.75 bits per heavy atom. The van der Waals surface area contributed by atoms with E-state index in [2.05, 4.69) is 58.4 Å². The van der Waals surface area contributed by atoms with Crippen LogP contribution >= 0.6 is 27.5 Å². The zero-order valence-corrected chi connectivity index (χ0v) is 13.0. The highest BCUT2D eigenvalue weighted by atomic mass is 79.9. The fraction of sp³-hybridized carbons (Fsp3) is 0. The van der Waals surface area contributed by atoms with Crippen molar-refractivity contribution in [1.82, 2.24) is 0 Å². The number of benzene rings is 3. The Balaban J connectivity index is 2.13. The van der Waals surface area contributed by atoms with Crippen LogP contribution in [0.2, 0.25) is 5.02 Å². The summed E-state index contributed by atoms with van der Waals surface area (Å²) in [4.78, 5) is 0. The van der Waals surface area contributed by atoms with Crippen molar-refractivity contribution in [3.8, 4) is 22.3 Å². The monoisotopic (exact) mass is 342 g/mol. The van der Waals surface area contributed by atoms with Crippen LogP contribution in [-0.2, 0) is 0 Å². The Morgan fingerprint density at radius 2 is 1.15 bits per heavy atom. The molecule has 0 saturated carbocycles. The van der Waals surface area contributed by atoms with Gasteiger partial charge in [-0.05, 0) is 50.3 Å². The third kappa shape index (κ3) is 2.65. The second-order valence-electron chi connectivity index (χ2n) is 4.54. The first-order valence-corrected chi connectivity index (χ1v) is 7.52. The Hall–Kier alpha value is -1.57. The second kappa shape index (κ2) is 5.82. The normalized spacial score (nSPS) is 10.5. The van der Waals surface area contributed by atoms with E-state index in [1.54, 1.807) is 0 Å². The first-order valence-electron chi connectivity index (χ1n) is 6.35. The molecule has 0 saturated heterocycles.